The van der Waals surface area contributed by atoms with Crippen molar-refractivity contribution in [1.29, 1.82) is 0 Å². The molecule has 0 saturated carbocycles. The number of allylic oxidation sites excluding steroid dienone is 1. The van der Waals surface area contributed by atoms with Crippen LogP contribution in [0.4, 0.5) is 0 Å². The fourth-order valence-corrected chi connectivity index (χ4v) is 3.40. The van der Waals surface area contributed by atoms with Crippen molar-refractivity contribution in [2.75, 3.05) is 21.2 Å². The van der Waals surface area contributed by atoms with Gasteiger partial charge in [-0.2, -0.15) is 0 Å². The van der Waals surface area contributed by atoms with Gasteiger partial charge in [-0.15, -0.1) is 0 Å². The van der Waals surface area contributed by atoms with E-state index in [1.165, 1.54) is 14.0 Å². The van der Waals surface area contributed by atoms with Crippen LogP contribution in [0.15, 0.2) is 79.0 Å². The van der Waals surface area contributed by atoms with Crippen LogP contribution in [0.25, 0.3) is 5.57 Å². The fourth-order valence-electron chi connectivity index (χ4n) is 3.40. The maximum Gasteiger partial charge on any atom is 0.342 e. The van der Waals surface area contributed by atoms with Gasteiger partial charge in [0, 0.05) is 37.5 Å². The van der Waals surface area contributed by atoms with Crippen molar-refractivity contribution in [3.05, 3.63) is 101 Å². The number of esters is 1. The second-order valence-electron chi connectivity index (χ2n) is 7.95. The van der Waals surface area contributed by atoms with Crippen LogP contribution in [0.3, 0.4) is 0 Å². The Labute approximate surface area is 200 Å². The van der Waals surface area contributed by atoms with Crippen molar-refractivity contribution in [2.45, 2.75) is 20.1 Å². The number of ether oxygens (including phenoxy) is 3. The Morgan fingerprint density at radius 3 is 1.91 bits per heavy atom. The highest BCUT2D eigenvalue weighted by Crippen LogP contribution is 2.35. The largest absolute Gasteiger partial charge is 0.489 e. The Morgan fingerprint density at radius 1 is 0.853 bits per heavy atom. The van der Waals surface area contributed by atoms with Gasteiger partial charge in [-0.3, -0.25) is 4.79 Å². The van der Waals surface area contributed by atoms with E-state index in [9.17, 15) is 9.59 Å². The molecule has 0 spiro atoms. The minimum Gasteiger partial charge on any atom is -0.489 e. The summed E-state index contributed by atoms with van der Waals surface area (Å²) in [5.74, 6) is -0.0470. The highest BCUT2D eigenvalue weighted by atomic mass is 16.5. The smallest absolute Gasteiger partial charge is 0.342 e. The van der Waals surface area contributed by atoms with Gasteiger partial charge in [0.25, 0.3) is 0 Å². The molecular formula is C28H29NO5. The molecular weight excluding hydrogens is 430 g/mol. The zero-order valence-electron chi connectivity index (χ0n) is 19.9. The maximum absolute atomic E-state index is 12.9. The predicted molar refractivity (Wildman–Crippen MR) is 132 cm³/mol. The summed E-state index contributed by atoms with van der Waals surface area (Å²) in [4.78, 5) is 27.2. The van der Waals surface area contributed by atoms with Gasteiger partial charge in [0.15, 0.2) is 5.78 Å². The topological polar surface area (TPSA) is 65.1 Å². The summed E-state index contributed by atoms with van der Waals surface area (Å²) in [7, 11) is 4.92. The maximum atomic E-state index is 12.9. The Bertz CT molecular complexity index is 1150. The summed E-state index contributed by atoms with van der Waals surface area (Å²) in [6.07, 6.45) is 1.67. The van der Waals surface area contributed by atoms with E-state index in [1.54, 1.807) is 23.2 Å². The quantitative estimate of drug-likeness (QED) is 0.310. The molecule has 0 atom stereocenters. The van der Waals surface area contributed by atoms with Crippen molar-refractivity contribution in [3.63, 3.8) is 0 Å². The lowest BCUT2D eigenvalue weighted by Gasteiger charge is -2.19. The van der Waals surface area contributed by atoms with Crippen LogP contribution in [0.1, 0.15) is 34.0 Å². The summed E-state index contributed by atoms with van der Waals surface area (Å²) >= 11 is 0. The molecule has 0 bridgehead atoms. The zero-order valence-corrected chi connectivity index (χ0v) is 19.9. The first-order chi connectivity index (χ1) is 16.4. The van der Waals surface area contributed by atoms with Gasteiger partial charge in [0.1, 0.15) is 30.3 Å². The minimum atomic E-state index is -0.599. The molecule has 0 heterocycles. The van der Waals surface area contributed by atoms with E-state index < -0.39 is 5.97 Å². The van der Waals surface area contributed by atoms with Crippen molar-refractivity contribution in [2.24, 2.45) is 0 Å². The van der Waals surface area contributed by atoms with E-state index in [2.05, 4.69) is 0 Å². The van der Waals surface area contributed by atoms with Crippen molar-refractivity contribution in [3.8, 4) is 11.5 Å². The number of nitrogens with zero attached hydrogens (tertiary/aromatic N) is 1. The van der Waals surface area contributed by atoms with Crippen molar-refractivity contribution in [1.82, 2.24) is 4.90 Å². The molecule has 0 saturated heterocycles. The standard InChI is InChI=1S/C28H29NO5/c1-20(30)25(17-29(2)3)24-15-23(33-18-21-11-7-5-8-12-21)16-26(27(24)28(31)32-4)34-19-22-13-9-6-10-14-22/h5-17H,18-19H2,1-4H3/b25-17-. The molecule has 3 aromatic carbocycles. The molecule has 0 radical (unpaired) electrons. The first-order valence-electron chi connectivity index (χ1n) is 10.9. The van der Waals surface area contributed by atoms with Gasteiger partial charge < -0.3 is 19.1 Å². The van der Waals surface area contributed by atoms with Crippen LogP contribution in [-0.4, -0.2) is 37.9 Å². The molecule has 34 heavy (non-hydrogen) atoms. The second kappa shape index (κ2) is 11.7. The lowest BCUT2D eigenvalue weighted by molar-refractivity contribution is -0.111. The minimum absolute atomic E-state index is 0.175. The molecule has 6 heteroatoms. The summed E-state index contributed by atoms with van der Waals surface area (Å²) in [6, 6.07) is 22.7. The average molecular weight is 460 g/mol. The van der Waals surface area contributed by atoms with E-state index in [0.717, 1.165) is 11.1 Å². The normalized spacial score (nSPS) is 11.0. The molecule has 3 aromatic rings. The number of ketones is 1. The number of hydrogen-bond acceptors (Lipinski definition) is 6. The summed E-state index contributed by atoms with van der Waals surface area (Å²) in [6.45, 7) is 2.01. The van der Waals surface area contributed by atoms with Gasteiger partial charge in [-0.25, -0.2) is 4.79 Å². The number of hydrogen-bond donors (Lipinski definition) is 0. The first kappa shape index (κ1) is 24.6. The second-order valence-corrected chi connectivity index (χ2v) is 7.95. The lowest BCUT2D eigenvalue weighted by atomic mass is 9.96. The number of rotatable bonds is 10. The number of carbonyl (C=O) groups excluding carboxylic acids is 2. The van der Waals surface area contributed by atoms with E-state index in [0.29, 0.717) is 23.5 Å². The highest BCUT2D eigenvalue weighted by Gasteiger charge is 2.25. The van der Waals surface area contributed by atoms with Crippen LogP contribution in [-0.2, 0) is 22.7 Å². The van der Waals surface area contributed by atoms with Crippen LogP contribution in [0.5, 0.6) is 11.5 Å². The molecule has 0 amide bonds. The van der Waals surface area contributed by atoms with Gasteiger partial charge in [-0.1, -0.05) is 60.7 Å². The monoisotopic (exact) mass is 459 g/mol. The lowest BCUT2D eigenvalue weighted by Crippen LogP contribution is -2.14. The van der Waals surface area contributed by atoms with E-state index in [-0.39, 0.29) is 23.7 Å². The van der Waals surface area contributed by atoms with Gasteiger partial charge >= 0.3 is 5.97 Å². The third kappa shape index (κ3) is 6.48. The Hall–Kier alpha value is -4.06. The summed E-state index contributed by atoms with van der Waals surface area (Å²) in [5, 5.41) is 0. The number of Topliss-reactive ketones (excluding diaryl/α,β-unsaturated/α-hetero) is 1. The van der Waals surface area contributed by atoms with Gasteiger partial charge in [-0.05, 0) is 24.1 Å². The first-order valence-corrected chi connectivity index (χ1v) is 10.9. The average Bonchev–Trinajstić information content (AvgIpc) is 2.85. The molecule has 0 unspecified atom stereocenters. The van der Waals surface area contributed by atoms with Crippen LogP contribution in [0.2, 0.25) is 0 Å². The number of benzene rings is 3. The molecule has 0 aliphatic heterocycles. The Kier molecular flexibility index (Phi) is 8.46. The molecule has 0 N–H and O–H groups in total. The molecule has 0 fully saturated rings. The van der Waals surface area contributed by atoms with Crippen LogP contribution >= 0.6 is 0 Å². The Morgan fingerprint density at radius 2 is 1.41 bits per heavy atom. The van der Waals surface area contributed by atoms with Crippen LogP contribution in [0, 0.1) is 0 Å². The van der Waals surface area contributed by atoms with E-state index >= 15 is 0 Å². The highest BCUT2D eigenvalue weighted by molar-refractivity contribution is 6.22. The third-order valence-corrected chi connectivity index (χ3v) is 5.01. The van der Waals surface area contributed by atoms with Gasteiger partial charge in [0.2, 0.25) is 0 Å². The van der Waals surface area contributed by atoms with E-state index in [4.69, 9.17) is 14.2 Å². The van der Waals surface area contributed by atoms with Crippen LogP contribution < -0.4 is 9.47 Å². The van der Waals surface area contributed by atoms with Crippen molar-refractivity contribution < 1.29 is 23.8 Å². The zero-order chi connectivity index (χ0) is 24.5. The summed E-state index contributed by atoms with van der Waals surface area (Å²) < 4.78 is 17.2. The van der Waals surface area contributed by atoms with Gasteiger partial charge in [0.05, 0.1) is 7.11 Å². The third-order valence-electron chi connectivity index (χ3n) is 5.01. The SMILES string of the molecule is COC(=O)c1c(OCc2ccccc2)cc(OCc2ccccc2)cc1/C(=C\N(C)C)C(C)=O. The number of carbonyl (C=O) groups is 2. The van der Waals surface area contributed by atoms with Crippen molar-refractivity contribution >= 4 is 17.3 Å². The fraction of sp³-hybridized carbons (Fsp3) is 0.214. The van der Waals surface area contributed by atoms with E-state index in [1.807, 2.05) is 74.8 Å². The molecule has 0 aromatic heterocycles. The number of methoxy groups -OCH3 is 1. The molecule has 3 rings (SSSR count). The summed E-state index contributed by atoms with van der Waals surface area (Å²) in [5.41, 5.74) is 2.84. The molecule has 176 valence electrons. The molecule has 6 nitrogen and oxygen atoms in total. The molecule has 0 aliphatic carbocycles. The molecule has 0 aliphatic rings. The predicted octanol–water partition coefficient (Wildman–Crippen LogP) is 5.12. The Balaban J connectivity index is 2.10.